The number of hydrogen-bond donors (Lipinski definition) is 2. The van der Waals surface area contributed by atoms with Crippen molar-refractivity contribution in [3.8, 4) is 5.69 Å². The molecule has 2 aromatic heterocycles. The van der Waals surface area contributed by atoms with Crippen molar-refractivity contribution < 1.29 is 9.59 Å². The van der Waals surface area contributed by atoms with Crippen molar-refractivity contribution in [2.24, 2.45) is 5.10 Å². The van der Waals surface area contributed by atoms with Gasteiger partial charge in [0.25, 0.3) is 0 Å². The number of hydrazone groups is 1. The SMILES string of the molecule is Cc1cc(/C=N/NC(=O)CC(=O)NCc2cccnc2)c(C)n1-c1ccccc1. The number of aryl methyl sites for hydroxylation is 1. The zero-order valence-electron chi connectivity index (χ0n) is 16.4. The third-order valence-corrected chi connectivity index (χ3v) is 4.41. The Balaban J connectivity index is 1.53. The number of para-hydroxylation sites is 1. The Labute approximate surface area is 169 Å². The van der Waals surface area contributed by atoms with Crippen LogP contribution in [0.4, 0.5) is 0 Å². The van der Waals surface area contributed by atoms with E-state index in [4.69, 9.17) is 0 Å². The highest BCUT2D eigenvalue weighted by Gasteiger charge is 2.10. The first kappa shape index (κ1) is 20.0. The highest BCUT2D eigenvalue weighted by molar-refractivity contribution is 5.97. The molecular weight excluding hydrogens is 366 g/mol. The van der Waals surface area contributed by atoms with Gasteiger partial charge in [-0.15, -0.1) is 0 Å². The van der Waals surface area contributed by atoms with E-state index in [1.165, 1.54) is 0 Å². The number of hydrogen-bond acceptors (Lipinski definition) is 4. The van der Waals surface area contributed by atoms with E-state index in [1.54, 1.807) is 24.7 Å². The van der Waals surface area contributed by atoms with Gasteiger partial charge in [0.15, 0.2) is 0 Å². The minimum atomic E-state index is -0.471. The van der Waals surface area contributed by atoms with Crippen molar-refractivity contribution in [2.45, 2.75) is 26.8 Å². The predicted octanol–water partition coefficient (Wildman–Crippen LogP) is 2.65. The van der Waals surface area contributed by atoms with E-state index in [-0.39, 0.29) is 12.3 Å². The molecule has 0 atom stereocenters. The molecule has 0 spiro atoms. The van der Waals surface area contributed by atoms with Gasteiger partial charge in [0, 0.05) is 41.6 Å². The summed E-state index contributed by atoms with van der Waals surface area (Å²) in [6.07, 6.45) is 4.62. The van der Waals surface area contributed by atoms with Crippen molar-refractivity contribution in [3.63, 3.8) is 0 Å². The fourth-order valence-electron chi connectivity index (χ4n) is 3.02. The van der Waals surface area contributed by atoms with Gasteiger partial charge in [-0.1, -0.05) is 24.3 Å². The maximum absolute atomic E-state index is 11.9. The number of nitrogens with zero attached hydrogens (tertiary/aromatic N) is 3. The summed E-state index contributed by atoms with van der Waals surface area (Å²) in [5, 5.41) is 6.68. The van der Waals surface area contributed by atoms with Gasteiger partial charge in [0.1, 0.15) is 6.42 Å². The molecule has 3 aromatic rings. The fraction of sp³-hybridized carbons (Fsp3) is 0.182. The lowest BCUT2D eigenvalue weighted by molar-refractivity contribution is -0.129. The maximum Gasteiger partial charge on any atom is 0.249 e. The van der Waals surface area contributed by atoms with Crippen LogP contribution in [-0.2, 0) is 16.1 Å². The lowest BCUT2D eigenvalue weighted by Gasteiger charge is -2.09. The second-order valence-corrected chi connectivity index (χ2v) is 6.61. The van der Waals surface area contributed by atoms with E-state index in [2.05, 4.69) is 25.4 Å². The number of carbonyl (C=O) groups is 2. The van der Waals surface area contributed by atoms with Crippen LogP contribution in [0.25, 0.3) is 5.69 Å². The molecule has 2 heterocycles. The first-order chi connectivity index (χ1) is 14.0. The van der Waals surface area contributed by atoms with Crippen LogP contribution in [0, 0.1) is 13.8 Å². The monoisotopic (exact) mass is 389 g/mol. The van der Waals surface area contributed by atoms with Gasteiger partial charge in [-0.25, -0.2) is 5.43 Å². The van der Waals surface area contributed by atoms with E-state index in [0.717, 1.165) is 28.2 Å². The van der Waals surface area contributed by atoms with Gasteiger partial charge in [-0.2, -0.15) is 5.10 Å². The Morgan fingerprint density at radius 3 is 2.62 bits per heavy atom. The third kappa shape index (κ3) is 5.38. The number of rotatable bonds is 7. The van der Waals surface area contributed by atoms with E-state index in [1.807, 2.05) is 56.3 Å². The van der Waals surface area contributed by atoms with Crippen LogP contribution in [0.15, 0.2) is 66.0 Å². The zero-order chi connectivity index (χ0) is 20.6. The Morgan fingerprint density at radius 1 is 1.10 bits per heavy atom. The van der Waals surface area contributed by atoms with Crippen LogP contribution >= 0.6 is 0 Å². The molecule has 0 aliphatic carbocycles. The first-order valence-corrected chi connectivity index (χ1v) is 9.26. The minimum absolute atomic E-state index is 0.291. The molecule has 0 unspecified atom stereocenters. The molecule has 3 rings (SSSR count). The average Bonchev–Trinajstić information content (AvgIpc) is 3.01. The van der Waals surface area contributed by atoms with E-state index in [0.29, 0.717) is 6.54 Å². The van der Waals surface area contributed by atoms with Gasteiger partial charge >= 0.3 is 0 Å². The van der Waals surface area contributed by atoms with Crippen LogP contribution < -0.4 is 10.7 Å². The molecule has 29 heavy (non-hydrogen) atoms. The minimum Gasteiger partial charge on any atom is -0.352 e. The standard InChI is InChI=1S/C22H23N5O2/c1-16-11-19(17(2)27(16)20-8-4-3-5-9-20)15-25-26-22(29)12-21(28)24-14-18-7-6-10-23-13-18/h3-11,13,15H,12,14H2,1-2H3,(H,24,28)(H,26,29)/b25-15+. The third-order valence-electron chi connectivity index (χ3n) is 4.41. The van der Waals surface area contributed by atoms with Crippen molar-refractivity contribution in [1.82, 2.24) is 20.3 Å². The Bertz CT molecular complexity index is 1010. The van der Waals surface area contributed by atoms with Gasteiger partial charge in [-0.3, -0.25) is 14.6 Å². The lowest BCUT2D eigenvalue weighted by Crippen LogP contribution is -2.29. The first-order valence-electron chi connectivity index (χ1n) is 9.26. The Hall–Kier alpha value is -3.74. The highest BCUT2D eigenvalue weighted by atomic mass is 16.2. The average molecular weight is 389 g/mol. The van der Waals surface area contributed by atoms with Crippen LogP contribution in [0.3, 0.4) is 0 Å². The molecule has 2 amide bonds. The summed E-state index contributed by atoms with van der Waals surface area (Å²) < 4.78 is 2.12. The summed E-state index contributed by atoms with van der Waals surface area (Å²) in [4.78, 5) is 27.8. The van der Waals surface area contributed by atoms with Crippen LogP contribution in [0.2, 0.25) is 0 Å². The number of carbonyl (C=O) groups excluding carboxylic acids is 2. The number of nitrogens with one attached hydrogen (secondary N) is 2. The topological polar surface area (TPSA) is 88.4 Å². The molecule has 7 nitrogen and oxygen atoms in total. The zero-order valence-corrected chi connectivity index (χ0v) is 16.4. The molecule has 2 N–H and O–H groups in total. The number of benzene rings is 1. The second kappa shape index (κ2) is 9.45. The summed E-state index contributed by atoms with van der Waals surface area (Å²) >= 11 is 0. The largest absolute Gasteiger partial charge is 0.352 e. The quantitative estimate of drug-likeness (QED) is 0.370. The normalized spacial score (nSPS) is 10.8. The number of pyridine rings is 1. The van der Waals surface area contributed by atoms with Crippen LogP contribution in [0.1, 0.15) is 28.9 Å². The molecule has 0 bridgehead atoms. The van der Waals surface area contributed by atoms with Crippen molar-refractivity contribution in [1.29, 1.82) is 0 Å². The highest BCUT2D eigenvalue weighted by Crippen LogP contribution is 2.19. The summed E-state index contributed by atoms with van der Waals surface area (Å²) in [5.41, 5.74) is 7.32. The van der Waals surface area contributed by atoms with Crippen molar-refractivity contribution in [3.05, 3.63) is 83.4 Å². The molecule has 1 aromatic carbocycles. The fourth-order valence-corrected chi connectivity index (χ4v) is 3.02. The lowest BCUT2D eigenvalue weighted by atomic mass is 10.2. The molecule has 0 fully saturated rings. The van der Waals surface area contributed by atoms with Crippen LogP contribution in [-0.4, -0.2) is 27.6 Å². The number of amides is 2. The molecule has 0 saturated heterocycles. The van der Waals surface area contributed by atoms with E-state index < -0.39 is 5.91 Å². The summed E-state index contributed by atoms with van der Waals surface area (Å²) in [7, 11) is 0. The van der Waals surface area contributed by atoms with Gasteiger partial charge in [0.2, 0.25) is 11.8 Å². The van der Waals surface area contributed by atoms with Crippen molar-refractivity contribution >= 4 is 18.0 Å². The Kier molecular flexibility index (Phi) is 6.52. The smallest absolute Gasteiger partial charge is 0.249 e. The molecule has 0 radical (unpaired) electrons. The predicted molar refractivity (Wildman–Crippen MR) is 112 cm³/mol. The molecule has 0 aliphatic heterocycles. The Morgan fingerprint density at radius 2 is 1.90 bits per heavy atom. The van der Waals surface area contributed by atoms with Crippen LogP contribution in [0.5, 0.6) is 0 Å². The summed E-state index contributed by atoms with van der Waals surface area (Å²) in [5.74, 6) is -0.842. The molecule has 7 heteroatoms. The molecule has 0 aliphatic rings. The second-order valence-electron chi connectivity index (χ2n) is 6.61. The number of aromatic nitrogens is 2. The maximum atomic E-state index is 11.9. The van der Waals surface area contributed by atoms with Gasteiger partial charge < -0.3 is 9.88 Å². The van der Waals surface area contributed by atoms with Crippen molar-refractivity contribution in [2.75, 3.05) is 0 Å². The molecule has 0 saturated carbocycles. The van der Waals surface area contributed by atoms with Gasteiger partial charge in [0.05, 0.1) is 6.21 Å². The van der Waals surface area contributed by atoms with Gasteiger partial charge in [-0.05, 0) is 43.7 Å². The molecular formula is C22H23N5O2. The summed E-state index contributed by atoms with van der Waals surface area (Å²) in [6.45, 7) is 4.34. The van der Waals surface area contributed by atoms with E-state index >= 15 is 0 Å². The summed E-state index contributed by atoms with van der Waals surface area (Å²) in [6, 6.07) is 15.7. The van der Waals surface area contributed by atoms with E-state index in [9.17, 15) is 9.59 Å². The molecule has 148 valence electrons.